The second-order valence-electron chi connectivity index (χ2n) is 5.51. The molecule has 0 atom stereocenters. The summed E-state index contributed by atoms with van der Waals surface area (Å²) in [6.45, 7) is 3.80. The maximum atomic E-state index is 12.2. The monoisotopic (exact) mass is 312 g/mol. The summed E-state index contributed by atoms with van der Waals surface area (Å²) in [4.78, 5) is 22.7. The van der Waals surface area contributed by atoms with Gasteiger partial charge in [0.25, 0.3) is 11.6 Å². The van der Waals surface area contributed by atoms with E-state index in [9.17, 15) is 14.9 Å². The molecule has 1 amide bonds. The number of nitrogens with zero attached hydrogens (tertiary/aromatic N) is 1. The molecule has 2 aromatic carbocycles. The zero-order valence-electron chi connectivity index (χ0n) is 13.3. The first-order chi connectivity index (χ1) is 11.0. The van der Waals surface area contributed by atoms with Crippen molar-refractivity contribution in [1.29, 1.82) is 0 Å². The molecule has 1 N–H and O–H groups in total. The van der Waals surface area contributed by atoms with Crippen LogP contribution in [0.1, 0.15) is 41.3 Å². The largest absolute Gasteiger partial charge is 0.322 e. The third-order valence-corrected chi connectivity index (χ3v) is 3.70. The van der Waals surface area contributed by atoms with Crippen molar-refractivity contribution in [3.8, 4) is 0 Å². The number of anilines is 1. The van der Waals surface area contributed by atoms with E-state index in [1.165, 1.54) is 11.6 Å². The Morgan fingerprint density at radius 1 is 1.17 bits per heavy atom. The van der Waals surface area contributed by atoms with Crippen molar-refractivity contribution >= 4 is 17.3 Å². The molecule has 0 saturated carbocycles. The minimum Gasteiger partial charge on any atom is -0.322 e. The Morgan fingerprint density at radius 2 is 1.87 bits per heavy atom. The molecule has 0 aliphatic heterocycles. The Bertz CT molecular complexity index is 709. The third kappa shape index (κ3) is 4.39. The number of amides is 1. The van der Waals surface area contributed by atoms with Gasteiger partial charge in [-0.1, -0.05) is 31.5 Å². The number of nitrogens with one attached hydrogen (secondary N) is 1. The molecule has 0 radical (unpaired) electrons. The summed E-state index contributed by atoms with van der Waals surface area (Å²) >= 11 is 0. The Morgan fingerprint density at radius 3 is 2.48 bits per heavy atom. The van der Waals surface area contributed by atoms with Gasteiger partial charge in [-0.15, -0.1) is 0 Å². The lowest BCUT2D eigenvalue weighted by molar-refractivity contribution is -0.385. The lowest BCUT2D eigenvalue weighted by Crippen LogP contribution is -2.12. The van der Waals surface area contributed by atoms with E-state index in [-0.39, 0.29) is 17.2 Å². The summed E-state index contributed by atoms with van der Waals surface area (Å²) in [5, 5.41) is 13.7. The molecule has 0 saturated heterocycles. The van der Waals surface area contributed by atoms with Gasteiger partial charge in [-0.05, 0) is 43.5 Å². The third-order valence-electron chi connectivity index (χ3n) is 3.70. The van der Waals surface area contributed by atoms with Crippen molar-refractivity contribution in [2.24, 2.45) is 0 Å². The number of rotatable bonds is 6. The smallest absolute Gasteiger partial charge is 0.273 e. The number of aryl methyl sites for hydroxylation is 2. The SMILES string of the molecule is CCCCc1ccc(NC(=O)c2ccc(C)c([N+](=O)[O-])c2)cc1. The Balaban J connectivity index is 2.10. The van der Waals surface area contributed by atoms with Crippen LogP contribution in [-0.4, -0.2) is 10.8 Å². The van der Waals surface area contributed by atoms with Gasteiger partial charge in [0.2, 0.25) is 0 Å². The normalized spacial score (nSPS) is 10.3. The van der Waals surface area contributed by atoms with Gasteiger partial charge >= 0.3 is 0 Å². The molecule has 0 unspecified atom stereocenters. The fraction of sp³-hybridized carbons (Fsp3) is 0.278. The molecule has 0 aliphatic rings. The van der Waals surface area contributed by atoms with Gasteiger partial charge in [-0.2, -0.15) is 0 Å². The van der Waals surface area contributed by atoms with Crippen LogP contribution in [0.4, 0.5) is 11.4 Å². The van der Waals surface area contributed by atoms with Crippen LogP contribution in [0.15, 0.2) is 42.5 Å². The molecule has 0 bridgehead atoms. The fourth-order valence-electron chi connectivity index (χ4n) is 2.29. The van der Waals surface area contributed by atoms with E-state index in [0.29, 0.717) is 11.3 Å². The zero-order chi connectivity index (χ0) is 16.8. The zero-order valence-corrected chi connectivity index (χ0v) is 13.3. The van der Waals surface area contributed by atoms with Crippen molar-refractivity contribution in [2.75, 3.05) is 5.32 Å². The van der Waals surface area contributed by atoms with E-state index in [2.05, 4.69) is 12.2 Å². The molecule has 0 aromatic heterocycles. The number of benzene rings is 2. The first-order valence-electron chi connectivity index (χ1n) is 7.66. The topological polar surface area (TPSA) is 72.2 Å². The van der Waals surface area contributed by atoms with Crippen LogP contribution < -0.4 is 5.32 Å². The number of carbonyl (C=O) groups excluding carboxylic acids is 1. The van der Waals surface area contributed by atoms with Gasteiger partial charge in [-0.3, -0.25) is 14.9 Å². The quantitative estimate of drug-likeness (QED) is 0.630. The fourth-order valence-corrected chi connectivity index (χ4v) is 2.29. The molecule has 0 aliphatic carbocycles. The van der Waals surface area contributed by atoms with Crippen molar-refractivity contribution in [3.63, 3.8) is 0 Å². The molecular weight excluding hydrogens is 292 g/mol. The van der Waals surface area contributed by atoms with Crippen LogP contribution in [0.3, 0.4) is 0 Å². The van der Waals surface area contributed by atoms with Gasteiger partial charge in [0, 0.05) is 22.9 Å². The second-order valence-corrected chi connectivity index (χ2v) is 5.51. The molecule has 5 nitrogen and oxygen atoms in total. The lowest BCUT2D eigenvalue weighted by atomic mass is 10.1. The van der Waals surface area contributed by atoms with E-state index in [4.69, 9.17) is 0 Å². The van der Waals surface area contributed by atoms with Crippen molar-refractivity contribution in [2.45, 2.75) is 33.1 Å². The second kappa shape index (κ2) is 7.54. The first kappa shape index (κ1) is 16.7. The minimum absolute atomic E-state index is 0.0486. The average Bonchev–Trinajstić information content (AvgIpc) is 2.54. The summed E-state index contributed by atoms with van der Waals surface area (Å²) in [5.41, 5.74) is 2.67. The summed E-state index contributed by atoms with van der Waals surface area (Å²) in [7, 11) is 0. The van der Waals surface area contributed by atoms with Gasteiger partial charge in [0.15, 0.2) is 0 Å². The van der Waals surface area contributed by atoms with Gasteiger partial charge < -0.3 is 5.32 Å². The number of unbranched alkanes of at least 4 members (excludes halogenated alkanes) is 1. The van der Waals surface area contributed by atoms with Crippen LogP contribution in [0.2, 0.25) is 0 Å². The average molecular weight is 312 g/mol. The van der Waals surface area contributed by atoms with E-state index in [1.807, 2.05) is 24.3 Å². The molecular formula is C18H20N2O3. The van der Waals surface area contributed by atoms with E-state index < -0.39 is 4.92 Å². The van der Waals surface area contributed by atoms with Crippen LogP contribution in [0.5, 0.6) is 0 Å². The van der Waals surface area contributed by atoms with E-state index in [0.717, 1.165) is 19.3 Å². The van der Waals surface area contributed by atoms with E-state index in [1.54, 1.807) is 19.1 Å². The van der Waals surface area contributed by atoms with Gasteiger partial charge in [0.05, 0.1) is 4.92 Å². The molecule has 0 fully saturated rings. The van der Waals surface area contributed by atoms with E-state index >= 15 is 0 Å². The lowest BCUT2D eigenvalue weighted by Gasteiger charge is -2.07. The molecule has 5 heteroatoms. The van der Waals surface area contributed by atoms with Gasteiger partial charge in [-0.25, -0.2) is 0 Å². The molecule has 23 heavy (non-hydrogen) atoms. The van der Waals surface area contributed by atoms with Gasteiger partial charge in [0.1, 0.15) is 0 Å². The standard InChI is InChI=1S/C18H20N2O3/c1-3-4-5-14-7-10-16(11-8-14)19-18(21)15-9-6-13(2)17(12-15)20(22)23/h6-12H,3-5H2,1-2H3,(H,19,21). The number of nitro benzene ring substituents is 1. The highest BCUT2D eigenvalue weighted by molar-refractivity contribution is 6.04. The summed E-state index contributed by atoms with van der Waals surface area (Å²) in [5.74, 6) is -0.352. The minimum atomic E-state index is -0.478. The maximum absolute atomic E-state index is 12.2. The molecule has 0 heterocycles. The molecule has 2 aromatic rings. The predicted octanol–water partition coefficient (Wildman–Crippen LogP) is 4.50. The highest BCUT2D eigenvalue weighted by Crippen LogP contribution is 2.20. The Kier molecular flexibility index (Phi) is 5.46. The highest BCUT2D eigenvalue weighted by atomic mass is 16.6. The molecule has 120 valence electrons. The summed E-state index contributed by atoms with van der Waals surface area (Å²) in [6.07, 6.45) is 3.30. The molecule has 2 rings (SSSR count). The molecule has 0 spiro atoms. The number of hydrogen-bond donors (Lipinski definition) is 1. The van der Waals surface area contributed by atoms with Crippen molar-refractivity contribution < 1.29 is 9.72 Å². The Labute approximate surface area is 135 Å². The van der Waals surface area contributed by atoms with Crippen molar-refractivity contribution in [1.82, 2.24) is 0 Å². The van der Waals surface area contributed by atoms with Crippen LogP contribution in [-0.2, 0) is 6.42 Å². The maximum Gasteiger partial charge on any atom is 0.273 e. The predicted molar refractivity (Wildman–Crippen MR) is 90.8 cm³/mol. The van der Waals surface area contributed by atoms with Crippen LogP contribution in [0, 0.1) is 17.0 Å². The Hall–Kier alpha value is -2.69. The first-order valence-corrected chi connectivity index (χ1v) is 7.66. The highest BCUT2D eigenvalue weighted by Gasteiger charge is 2.15. The van der Waals surface area contributed by atoms with Crippen LogP contribution >= 0.6 is 0 Å². The van der Waals surface area contributed by atoms with Crippen molar-refractivity contribution in [3.05, 3.63) is 69.3 Å². The van der Waals surface area contributed by atoms with Crippen LogP contribution in [0.25, 0.3) is 0 Å². The summed E-state index contributed by atoms with van der Waals surface area (Å²) < 4.78 is 0. The summed E-state index contributed by atoms with van der Waals surface area (Å²) in [6, 6.07) is 12.2. The number of carbonyl (C=O) groups is 1. The number of nitro groups is 1. The number of hydrogen-bond acceptors (Lipinski definition) is 3.